The molecule has 1 heterocycles. The average Bonchev–Trinajstić information content (AvgIpc) is 2.95. The molecule has 1 N–H and O–H groups in total. The van der Waals surface area contributed by atoms with Crippen LogP contribution in [0.1, 0.15) is 77.6 Å². The molecule has 22 heavy (non-hydrogen) atoms. The Hall–Kier alpha value is -1.32. The highest BCUT2D eigenvalue weighted by Crippen LogP contribution is 2.09. The van der Waals surface area contributed by atoms with E-state index in [0.717, 1.165) is 19.3 Å². The highest BCUT2D eigenvalue weighted by atomic mass is 16.5. The summed E-state index contributed by atoms with van der Waals surface area (Å²) < 4.78 is 5.19. The van der Waals surface area contributed by atoms with Crippen molar-refractivity contribution in [1.82, 2.24) is 5.32 Å². The standard InChI is InChI=1S/C18H31NO3/c1-2-3-4-5-6-7-8-9-10-11-12-15-22-18(21)16-13-14-17(20)19-16/h6-7,16H,2-5,8-15H2,1H3,(H,19,20)/b7-6+/t16-/m0/s1. The Labute approximate surface area is 134 Å². The maximum absolute atomic E-state index is 11.6. The van der Waals surface area contributed by atoms with Crippen LogP contribution in [-0.2, 0) is 14.3 Å². The highest BCUT2D eigenvalue weighted by Gasteiger charge is 2.28. The maximum Gasteiger partial charge on any atom is 0.328 e. The SMILES string of the molecule is CCCCC/C=C/CCCCCCOC(=O)[C@@H]1CCC(=O)N1. The van der Waals surface area contributed by atoms with Crippen molar-refractivity contribution in [2.24, 2.45) is 0 Å². The van der Waals surface area contributed by atoms with Gasteiger partial charge < -0.3 is 10.1 Å². The molecule has 0 unspecified atom stereocenters. The summed E-state index contributed by atoms with van der Waals surface area (Å²) >= 11 is 0. The third kappa shape index (κ3) is 8.85. The van der Waals surface area contributed by atoms with Crippen LogP contribution in [0, 0.1) is 0 Å². The predicted octanol–water partition coefficient (Wildman–Crippen LogP) is 3.90. The van der Waals surface area contributed by atoms with Gasteiger partial charge in [0.15, 0.2) is 0 Å². The van der Waals surface area contributed by atoms with Gasteiger partial charge in [0.1, 0.15) is 6.04 Å². The lowest BCUT2D eigenvalue weighted by atomic mass is 10.1. The van der Waals surface area contributed by atoms with E-state index in [9.17, 15) is 9.59 Å². The topological polar surface area (TPSA) is 55.4 Å². The largest absolute Gasteiger partial charge is 0.464 e. The van der Waals surface area contributed by atoms with E-state index >= 15 is 0 Å². The Morgan fingerprint density at radius 2 is 1.82 bits per heavy atom. The molecule has 0 saturated carbocycles. The lowest BCUT2D eigenvalue weighted by molar-refractivity contribution is -0.146. The van der Waals surface area contributed by atoms with Gasteiger partial charge in [-0.05, 0) is 38.5 Å². The molecule has 1 amide bonds. The second-order valence-electron chi connectivity index (χ2n) is 6.00. The molecule has 0 bridgehead atoms. The van der Waals surface area contributed by atoms with Gasteiger partial charge in [0, 0.05) is 6.42 Å². The van der Waals surface area contributed by atoms with Crippen molar-refractivity contribution in [3.63, 3.8) is 0 Å². The van der Waals surface area contributed by atoms with Crippen molar-refractivity contribution in [3.8, 4) is 0 Å². The summed E-state index contributed by atoms with van der Waals surface area (Å²) in [7, 11) is 0. The summed E-state index contributed by atoms with van der Waals surface area (Å²) in [6.07, 6.45) is 16.3. The third-order valence-corrected chi connectivity index (χ3v) is 3.93. The number of esters is 1. The van der Waals surface area contributed by atoms with E-state index in [4.69, 9.17) is 4.74 Å². The van der Waals surface area contributed by atoms with Gasteiger partial charge in [-0.25, -0.2) is 4.79 Å². The lowest BCUT2D eigenvalue weighted by Crippen LogP contribution is -2.34. The number of nitrogens with one attached hydrogen (secondary N) is 1. The number of allylic oxidation sites excluding steroid dienone is 2. The van der Waals surface area contributed by atoms with Gasteiger partial charge in [-0.2, -0.15) is 0 Å². The van der Waals surface area contributed by atoms with Gasteiger partial charge in [-0.1, -0.05) is 44.8 Å². The van der Waals surface area contributed by atoms with Crippen molar-refractivity contribution in [1.29, 1.82) is 0 Å². The first-order valence-electron chi connectivity index (χ1n) is 8.85. The molecule has 1 aliphatic heterocycles. The van der Waals surface area contributed by atoms with E-state index < -0.39 is 6.04 Å². The first kappa shape index (κ1) is 18.7. The first-order chi connectivity index (χ1) is 10.7. The van der Waals surface area contributed by atoms with Crippen molar-refractivity contribution in [2.45, 2.75) is 83.6 Å². The van der Waals surface area contributed by atoms with Gasteiger partial charge in [0.25, 0.3) is 0 Å². The molecule has 1 aliphatic rings. The normalized spacial score (nSPS) is 17.9. The van der Waals surface area contributed by atoms with E-state index in [2.05, 4.69) is 24.4 Å². The van der Waals surface area contributed by atoms with Crippen LogP contribution in [0.3, 0.4) is 0 Å². The van der Waals surface area contributed by atoms with E-state index in [1.54, 1.807) is 0 Å². The third-order valence-electron chi connectivity index (χ3n) is 3.93. The number of hydrogen-bond acceptors (Lipinski definition) is 3. The number of ether oxygens (including phenoxy) is 1. The average molecular weight is 309 g/mol. The molecule has 0 radical (unpaired) electrons. The van der Waals surface area contributed by atoms with Crippen LogP contribution in [0.25, 0.3) is 0 Å². The van der Waals surface area contributed by atoms with Crippen LogP contribution in [0.2, 0.25) is 0 Å². The highest BCUT2D eigenvalue weighted by molar-refractivity contribution is 5.87. The summed E-state index contributed by atoms with van der Waals surface area (Å²) in [5.41, 5.74) is 0. The number of rotatable bonds is 12. The van der Waals surface area contributed by atoms with Crippen molar-refractivity contribution < 1.29 is 14.3 Å². The summed E-state index contributed by atoms with van der Waals surface area (Å²) in [6.45, 7) is 2.70. The molecule has 4 nitrogen and oxygen atoms in total. The van der Waals surface area contributed by atoms with Crippen LogP contribution >= 0.6 is 0 Å². The van der Waals surface area contributed by atoms with Gasteiger partial charge in [-0.3, -0.25) is 4.79 Å². The Kier molecular flexibility index (Phi) is 10.4. The van der Waals surface area contributed by atoms with Gasteiger partial charge >= 0.3 is 5.97 Å². The molecule has 1 saturated heterocycles. The molecule has 1 atom stereocenters. The van der Waals surface area contributed by atoms with Gasteiger partial charge in [0.2, 0.25) is 5.91 Å². The van der Waals surface area contributed by atoms with Crippen molar-refractivity contribution in [3.05, 3.63) is 12.2 Å². The molecular weight excluding hydrogens is 278 g/mol. The van der Waals surface area contributed by atoms with E-state index in [1.807, 2.05) is 0 Å². The number of unbranched alkanes of at least 4 members (excludes halogenated alkanes) is 7. The molecule has 1 fully saturated rings. The molecule has 0 aromatic rings. The zero-order chi connectivity index (χ0) is 16.0. The molecule has 0 aromatic carbocycles. The quantitative estimate of drug-likeness (QED) is 0.338. The molecule has 4 heteroatoms. The zero-order valence-corrected chi connectivity index (χ0v) is 13.9. The molecule has 0 spiro atoms. The van der Waals surface area contributed by atoms with E-state index in [1.165, 1.54) is 38.5 Å². The minimum Gasteiger partial charge on any atom is -0.464 e. The first-order valence-corrected chi connectivity index (χ1v) is 8.85. The lowest BCUT2D eigenvalue weighted by Gasteiger charge is -2.09. The number of carbonyl (C=O) groups excluding carboxylic acids is 2. The zero-order valence-electron chi connectivity index (χ0n) is 13.9. The summed E-state index contributed by atoms with van der Waals surface area (Å²) in [5, 5.41) is 2.63. The maximum atomic E-state index is 11.6. The van der Waals surface area contributed by atoms with Crippen LogP contribution in [0.5, 0.6) is 0 Å². The Morgan fingerprint density at radius 3 is 2.45 bits per heavy atom. The van der Waals surface area contributed by atoms with Crippen molar-refractivity contribution >= 4 is 11.9 Å². The fourth-order valence-corrected chi connectivity index (χ4v) is 2.53. The summed E-state index contributed by atoms with van der Waals surface area (Å²) in [6, 6.07) is -0.412. The molecule has 1 rings (SSSR count). The second-order valence-corrected chi connectivity index (χ2v) is 6.00. The predicted molar refractivity (Wildman–Crippen MR) is 88.5 cm³/mol. The smallest absolute Gasteiger partial charge is 0.328 e. The van der Waals surface area contributed by atoms with Crippen molar-refractivity contribution in [2.75, 3.05) is 6.61 Å². The number of hydrogen-bond donors (Lipinski definition) is 1. The molecule has 0 aliphatic carbocycles. The fraction of sp³-hybridized carbons (Fsp3) is 0.778. The van der Waals surface area contributed by atoms with Gasteiger partial charge in [0.05, 0.1) is 6.61 Å². The van der Waals surface area contributed by atoms with Crippen LogP contribution in [0.4, 0.5) is 0 Å². The molecule has 126 valence electrons. The number of carbonyl (C=O) groups is 2. The second kappa shape index (κ2) is 12.2. The van der Waals surface area contributed by atoms with Gasteiger partial charge in [-0.15, -0.1) is 0 Å². The summed E-state index contributed by atoms with van der Waals surface area (Å²) in [4.78, 5) is 22.6. The Bertz CT molecular complexity index is 352. The van der Waals surface area contributed by atoms with Crippen LogP contribution < -0.4 is 5.32 Å². The minimum atomic E-state index is -0.412. The Morgan fingerprint density at radius 1 is 1.14 bits per heavy atom. The van der Waals surface area contributed by atoms with E-state index in [-0.39, 0.29) is 11.9 Å². The molecule has 0 aromatic heterocycles. The molecular formula is C18H31NO3. The van der Waals surface area contributed by atoms with E-state index in [0.29, 0.717) is 19.4 Å². The summed E-state index contributed by atoms with van der Waals surface area (Å²) in [5.74, 6) is -0.328. The number of amides is 1. The monoisotopic (exact) mass is 309 g/mol. The van der Waals surface area contributed by atoms with Crippen LogP contribution in [0.15, 0.2) is 12.2 Å². The fourth-order valence-electron chi connectivity index (χ4n) is 2.53. The van der Waals surface area contributed by atoms with Crippen LogP contribution in [-0.4, -0.2) is 24.5 Å². The Balaban J connectivity index is 1.85. The minimum absolute atomic E-state index is 0.0512.